The highest BCUT2D eigenvalue weighted by Gasteiger charge is 2.12. The van der Waals surface area contributed by atoms with E-state index in [-0.39, 0.29) is 19.1 Å². The number of aliphatic hydroxyl groups excluding tert-OH is 1. The van der Waals surface area contributed by atoms with Gasteiger partial charge < -0.3 is 15.2 Å². The number of aryl methyl sites for hydroxylation is 2. The molecule has 0 aliphatic rings. The Morgan fingerprint density at radius 1 is 1.43 bits per heavy atom. The summed E-state index contributed by atoms with van der Waals surface area (Å²) in [5.41, 5.74) is 3.01. The zero-order chi connectivity index (χ0) is 15.4. The fourth-order valence-corrected chi connectivity index (χ4v) is 2.05. The molecule has 0 bridgehead atoms. The normalized spacial score (nSPS) is 10.5. The Morgan fingerprint density at radius 3 is 2.81 bits per heavy atom. The Kier molecular flexibility index (Phi) is 4.59. The lowest BCUT2D eigenvalue weighted by Crippen LogP contribution is -2.20. The molecule has 6 nitrogen and oxygen atoms in total. The summed E-state index contributed by atoms with van der Waals surface area (Å²) in [6.07, 6.45) is 0. The second kappa shape index (κ2) is 6.41. The van der Waals surface area contributed by atoms with Gasteiger partial charge in [-0.25, -0.2) is 0 Å². The van der Waals surface area contributed by atoms with Crippen LogP contribution in [0.1, 0.15) is 17.0 Å². The van der Waals surface area contributed by atoms with Gasteiger partial charge in [-0.15, -0.1) is 0 Å². The summed E-state index contributed by atoms with van der Waals surface area (Å²) < 4.78 is 7.25. The standard InChI is InChI=1S/C15H19N3O3/c1-10-15(11(2)18(3)17-10)21-9-14(20)16-13-6-4-5-12(7-13)8-19/h4-7,19H,8-9H2,1-3H3,(H,16,20). The molecule has 112 valence electrons. The molecule has 0 saturated carbocycles. The van der Waals surface area contributed by atoms with E-state index in [0.29, 0.717) is 11.4 Å². The minimum Gasteiger partial charge on any atom is -0.480 e. The third kappa shape index (κ3) is 3.61. The fraction of sp³-hybridized carbons (Fsp3) is 0.333. The van der Waals surface area contributed by atoms with E-state index in [1.807, 2.05) is 20.9 Å². The number of carbonyl (C=O) groups excluding carboxylic acids is 1. The minimum absolute atomic E-state index is 0.0612. The Labute approximate surface area is 123 Å². The molecule has 1 aromatic carbocycles. The van der Waals surface area contributed by atoms with Gasteiger partial charge in [0.05, 0.1) is 12.3 Å². The summed E-state index contributed by atoms with van der Waals surface area (Å²) in [5.74, 6) is 0.379. The van der Waals surface area contributed by atoms with Crippen LogP contribution in [0.2, 0.25) is 0 Å². The van der Waals surface area contributed by atoms with Gasteiger partial charge in [0.1, 0.15) is 5.69 Å². The molecule has 1 amide bonds. The number of rotatable bonds is 5. The highest BCUT2D eigenvalue weighted by molar-refractivity contribution is 5.91. The number of carbonyl (C=O) groups is 1. The summed E-state index contributed by atoms with van der Waals surface area (Å²) in [5, 5.41) is 16.0. The SMILES string of the molecule is Cc1nn(C)c(C)c1OCC(=O)Nc1cccc(CO)c1. The second-order valence-electron chi connectivity index (χ2n) is 4.82. The molecule has 2 N–H and O–H groups in total. The Balaban J connectivity index is 1.96. The van der Waals surface area contributed by atoms with Crippen LogP contribution in [0.5, 0.6) is 5.75 Å². The lowest BCUT2D eigenvalue weighted by molar-refractivity contribution is -0.118. The lowest BCUT2D eigenvalue weighted by Gasteiger charge is -2.08. The molecule has 0 unspecified atom stereocenters. The number of amides is 1. The largest absolute Gasteiger partial charge is 0.480 e. The fourth-order valence-electron chi connectivity index (χ4n) is 2.05. The Bertz CT molecular complexity index is 650. The molecule has 1 aromatic heterocycles. The summed E-state index contributed by atoms with van der Waals surface area (Å²) in [4.78, 5) is 11.9. The number of aliphatic hydroxyl groups is 1. The molecule has 0 radical (unpaired) electrons. The van der Waals surface area contributed by atoms with E-state index in [9.17, 15) is 4.79 Å². The molecular formula is C15H19N3O3. The van der Waals surface area contributed by atoms with E-state index in [1.165, 1.54) is 0 Å². The van der Waals surface area contributed by atoms with Crippen molar-refractivity contribution in [3.05, 3.63) is 41.2 Å². The maximum atomic E-state index is 11.9. The smallest absolute Gasteiger partial charge is 0.262 e. The number of hydrogen-bond donors (Lipinski definition) is 2. The van der Waals surface area contributed by atoms with Crippen molar-refractivity contribution >= 4 is 11.6 Å². The molecular weight excluding hydrogens is 270 g/mol. The van der Waals surface area contributed by atoms with Crippen LogP contribution in [0.15, 0.2) is 24.3 Å². The predicted octanol–water partition coefficient (Wildman–Crippen LogP) is 1.55. The van der Waals surface area contributed by atoms with E-state index >= 15 is 0 Å². The van der Waals surface area contributed by atoms with Crippen LogP contribution in [-0.4, -0.2) is 27.4 Å². The van der Waals surface area contributed by atoms with Crippen molar-refractivity contribution in [2.75, 3.05) is 11.9 Å². The van der Waals surface area contributed by atoms with Gasteiger partial charge in [-0.3, -0.25) is 9.48 Å². The minimum atomic E-state index is -0.257. The first kappa shape index (κ1) is 15.1. The molecule has 6 heteroatoms. The summed E-state index contributed by atoms with van der Waals surface area (Å²) >= 11 is 0. The van der Waals surface area contributed by atoms with Crippen LogP contribution < -0.4 is 10.1 Å². The molecule has 0 aliphatic carbocycles. The average Bonchev–Trinajstić information content (AvgIpc) is 2.70. The zero-order valence-corrected chi connectivity index (χ0v) is 12.4. The third-order valence-electron chi connectivity index (χ3n) is 3.18. The zero-order valence-electron chi connectivity index (χ0n) is 12.4. The van der Waals surface area contributed by atoms with E-state index in [4.69, 9.17) is 9.84 Å². The molecule has 0 aliphatic heterocycles. The van der Waals surface area contributed by atoms with E-state index < -0.39 is 0 Å². The second-order valence-corrected chi connectivity index (χ2v) is 4.82. The molecule has 2 rings (SSSR count). The van der Waals surface area contributed by atoms with E-state index in [1.54, 1.807) is 28.9 Å². The Hall–Kier alpha value is -2.34. The monoisotopic (exact) mass is 289 g/mol. The van der Waals surface area contributed by atoms with Crippen molar-refractivity contribution in [1.82, 2.24) is 9.78 Å². The number of aromatic nitrogens is 2. The van der Waals surface area contributed by atoms with Crippen LogP contribution in [0.25, 0.3) is 0 Å². The van der Waals surface area contributed by atoms with Crippen molar-refractivity contribution in [1.29, 1.82) is 0 Å². The highest BCUT2D eigenvalue weighted by atomic mass is 16.5. The van der Waals surface area contributed by atoms with Gasteiger partial charge in [0.2, 0.25) is 0 Å². The quantitative estimate of drug-likeness (QED) is 0.875. The first-order valence-electron chi connectivity index (χ1n) is 6.64. The van der Waals surface area contributed by atoms with Gasteiger partial charge in [0.25, 0.3) is 5.91 Å². The number of benzene rings is 1. The van der Waals surface area contributed by atoms with Crippen LogP contribution >= 0.6 is 0 Å². The van der Waals surface area contributed by atoms with E-state index in [2.05, 4.69) is 10.4 Å². The number of nitrogens with one attached hydrogen (secondary N) is 1. The number of hydrogen-bond acceptors (Lipinski definition) is 4. The topological polar surface area (TPSA) is 76.4 Å². The van der Waals surface area contributed by atoms with Crippen molar-refractivity contribution in [3.63, 3.8) is 0 Å². The predicted molar refractivity (Wildman–Crippen MR) is 79.2 cm³/mol. The van der Waals surface area contributed by atoms with Gasteiger partial charge in [-0.2, -0.15) is 5.10 Å². The molecule has 0 spiro atoms. The number of nitrogens with zero attached hydrogens (tertiary/aromatic N) is 2. The average molecular weight is 289 g/mol. The van der Waals surface area contributed by atoms with Crippen molar-refractivity contribution in [2.45, 2.75) is 20.5 Å². The molecule has 2 aromatic rings. The summed E-state index contributed by atoms with van der Waals surface area (Å²) in [6.45, 7) is 3.58. The van der Waals surface area contributed by atoms with Crippen molar-refractivity contribution < 1.29 is 14.6 Å². The van der Waals surface area contributed by atoms with E-state index in [0.717, 1.165) is 17.0 Å². The van der Waals surface area contributed by atoms with Crippen molar-refractivity contribution in [2.24, 2.45) is 7.05 Å². The lowest BCUT2D eigenvalue weighted by atomic mass is 10.2. The summed E-state index contributed by atoms with van der Waals surface area (Å²) in [7, 11) is 1.83. The van der Waals surface area contributed by atoms with Gasteiger partial charge in [-0.05, 0) is 31.5 Å². The molecule has 21 heavy (non-hydrogen) atoms. The molecule has 0 fully saturated rings. The number of ether oxygens (including phenoxy) is 1. The van der Waals surface area contributed by atoms with Crippen LogP contribution in [0.4, 0.5) is 5.69 Å². The van der Waals surface area contributed by atoms with Crippen molar-refractivity contribution in [3.8, 4) is 5.75 Å². The Morgan fingerprint density at radius 2 is 2.19 bits per heavy atom. The van der Waals surface area contributed by atoms with Crippen LogP contribution in [0.3, 0.4) is 0 Å². The van der Waals surface area contributed by atoms with Gasteiger partial charge in [-0.1, -0.05) is 12.1 Å². The maximum Gasteiger partial charge on any atom is 0.262 e. The van der Waals surface area contributed by atoms with Crippen LogP contribution in [-0.2, 0) is 18.4 Å². The van der Waals surface area contributed by atoms with Crippen LogP contribution in [0, 0.1) is 13.8 Å². The van der Waals surface area contributed by atoms with Gasteiger partial charge in [0.15, 0.2) is 12.4 Å². The third-order valence-corrected chi connectivity index (χ3v) is 3.18. The number of anilines is 1. The first-order chi connectivity index (χ1) is 10.0. The summed E-state index contributed by atoms with van der Waals surface area (Å²) in [6, 6.07) is 7.04. The van der Waals surface area contributed by atoms with Gasteiger partial charge in [0, 0.05) is 12.7 Å². The first-order valence-corrected chi connectivity index (χ1v) is 6.64. The van der Waals surface area contributed by atoms with Gasteiger partial charge >= 0.3 is 0 Å². The molecule has 0 saturated heterocycles. The highest BCUT2D eigenvalue weighted by Crippen LogP contribution is 2.21. The molecule has 0 atom stereocenters. The molecule has 1 heterocycles. The maximum absolute atomic E-state index is 11.9.